The number of nitrogens with one attached hydrogen (secondary N) is 2. The third kappa shape index (κ3) is 7.01. The van der Waals surface area contributed by atoms with Crippen LogP contribution >= 0.6 is 0 Å². The molecule has 1 aliphatic carbocycles. The highest BCUT2D eigenvalue weighted by molar-refractivity contribution is 7.88. The molecule has 2 N–H and O–H groups in total. The highest BCUT2D eigenvalue weighted by atomic mass is 32.2. The summed E-state index contributed by atoms with van der Waals surface area (Å²) >= 11 is 0. The molecule has 1 fully saturated rings. The Bertz CT molecular complexity index is 298. The molecule has 1 saturated carbocycles. The maximum absolute atomic E-state index is 10.8. The molecule has 0 heterocycles. The topological polar surface area (TPSA) is 58.2 Å². The lowest BCUT2D eigenvalue weighted by Gasteiger charge is -2.28. The van der Waals surface area contributed by atoms with E-state index < -0.39 is 10.0 Å². The van der Waals surface area contributed by atoms with E-state index in [0.717, 1.165) is 18.9 Å². The van der Waals surface area contributed by atoms with Gasteiger partial charge in [-0.2, -0.15) is 0 Å². The Morgan fingerprint density at radius 3 is 2.41 bits per heavy atom. The molecule has 0 amide bonds. The van der Waals surface area contributed by atoms with Gasteiger partial charge in [-0.05, 0) is 38.6 Å². The van der Waals surface area contributed by atoms with E-state index in [-0.39, 0.29) is 0 Å². The first kappa shape index (κ1) is 14.9. The molecule has 5 heteroatoms. The summed E-state index contributed by atoms with van der Waals surface area (Å²) in [5.74, 6) is 0.812. The summed E-state index contributed by atoms with van der Waals surface area (Å²) in [6.45, 7) is 3.67. The standard InChI is InChI=1S/C12H26N2O2S/c1-11(12-7-4-3-5-8-12)13-9-6-10-14-17(2,15)16/h11-14H,3-10H2,1-2H3. The van der Waals surface area contributed by atoms with Gasteiger partial charge >= 0.3 is 0 Å². The number of hydrogen-bond acceptors (Lipinski definition) is 3. The van der Waals surface area contributed by atoms with Crippen molar-refractivity contribution in [2.45, 2.75) is 51.5 Å². The molecular weight excluding hydrogens is 236 g/mol. The lowest BCUT2D eigenvalue weighted by Crippen LogP contribution is -2.36. The summed E-state index contributed by atoms with van der Waals surface area (Å²) in [6, 6.07) is 0.563. The molecule has 0 aromatic heterocycles. The smallest absolute Gasteiger partial charge is 0.208 e. The van der Waals surface area contributed by atoms with Crippen LogP contribution in [0.1, 0.15) is 45.4 Å². The Morgan fingerprint density at radius 2 is 1.82 bits per heavy atom. The largest absolute Gasteiger partial charge is 0.314 e. The highest BCUT2D eigenvalue weighted by Gasteiger charge is 2.19. The van der Waals surface area contributed by atoms with Crippen molar-refractivity contribution >= 4 is 10.0 Å². The molecule has 1 atom stereocenters. The van der Waals surface area contributed by atoms with Crippen LogP contribution in [-0.2, 0) is 10.0 Å². The maximum Gasteiger partial charge on any atom is 0.208 e. The van der Waals surface area contributed by atoms with Crippen LogP contribution in [0.3, 0.4) is 0 Å². The van der Waals surface area contributed by atoms with Crippen LogP contribution in [-0.4, -0.2) is 33.8 Å². The van der Waals surface area contributed by atoms with Gasteiger partial charge in [-0.15, -0.1) is 0 Å². The first-order valence-electron chi connectivity index (χ1n) is 6.67. The molecule has 0 aliphatic heterocycles. The van der Waals surface area contributed by atoms with E-state index in [1.54, 1.807) is 0 Å². The van der Waals surface area contributed by atoms with Gasteiger partial charge < -0.3 is 5.32 Å². The van der Waals surface area contributed by atoms with Crippen molar-refractivity contribution in [1.29, 1.82) is 0 Å². The van der Waals surface area contributed by atoms with Crippen LogP contribution in [0.4, 0.5) is 0 Å². The molecule has 0 spiro atoms. The lowest BCUT2D eigenvalue weighted by atomic mass is 9.84. The third-order valence-electron chi connectivity index (χ3n) is 3.54. The zero-order chi connectivity index (χ0) is 12.7. The van der Waals surface area contributed by atoms with Gasteiger partial charge in [0.25, 0.3) is 0 Å². The van der Waals surface area contributed by atoms with E-state index in [0.29, 0.717) is 12.6 Å². The fourth-order valence-electron chi connectivity index (χ4n) is 2.48. The first-order chi connectivity index (χ1) is 7.99. The average Bonchev–Trinajstić information content (AvgIpc) is 2.28. The van der Waals surface area contributed by atoms with Gasteiger partial charge in [0.1, 0.15) is 0 Å². The van der Waals surface area contributed by atoms with Gasteiger partial charge in [-0.1, -0.05) is 19.3 Å². The summed E-state index contributed by atoms with van der Waals surface area (Å²) in [6.07, 6.45) is 8.86. The third-order valence-corrected chi connectivity index (χ3v) is 4.27. The monoisotopic (exact) mass is 262 g/mol. The van der Waals surface area contributed by atoms with Crippen molar-refractivity contribution < 1.29 is 8.42 Å². The van der Waals surface area contributed by atoms with Crippen LogP contribution in [0.2, 0.25) is 0 Å². The van der Waals surface area contributed by atoms with Crippen LogP contribution in [0.15, 0.2) is 0 Å². The molecular formula is C12H26N2O2S. The fraction of sp³-hybridized carbons (Fsp3) is 1.00. The number of sulfonamides is 1. The molecule has 1 unspecified atom stereocenters. The Labute approximate surface area is 106 Å². The fourth-order valence-corrected chi connectivity index (χ4v) is 2.99. The second kappa shape index (κ2) is 7.34. The second-order valence-electron chi connectivity index (χ2n) is 5.16. The van der Waals surface area contributed by atoms with Gasteiger partial charge in [-0.3, -0.25) is 0 Å². The summed E-state index contributed by atoms with van der Waals surface area (Å²) in [7, 11) is -3.02. The predicted octanol–water partition coefficient (Wildman–Crippen LogP) is 1.48. The Kier molecular flexibility index (Phi) is 6.44. The molecule has 0 aromatic rings. The van der Waals surface area contributed by atoms with E-state index in [1.165, 1.54) is 38.4 Å². The molecule has 1 aliphatic rings. The Morgan fingerprint density at radius 1 is 1.18 bits per heavy atom. The van der Waals surface area contributed by atoms with Crippen LogP contribution in [0, 0.1) is 5.92 Å². The van der Waals surface area contributed by atoms with Crippen molar-refractivity contribution in [3.8, 4) is 0 Å². The molecule has 0 radical (unpaired) electrons. The Balaban J connectivity index is 2.05. The normalized spacial score (nSPS) is 20.4. The lowest BCUT2D eigenvalue weighted by molar-refractivity contribution is 0.281. The summed E-state index contributed by atoms with van der Waals surface area (Å²) in [5.41, 5.74) is 0. The summed E-state index contributed by atoms with van der Waals surface area (Å²) in [4.78, 5) is 0. The van der Waals surface area contributed by atoms with Gasteiger partial charge in [0.2, 0.25) is 10.0 Å². The zero-order valence-corrected chi connectivity index (χ0v) is 11.9. The number of rotatable bonds is 7. The van der Waals surface area contributed by atoms with Crippen molar-refractivity contribution in [3.63, 3.8) is 0 Å². The maximum atomic E-state index is 10.8. The van der Waals surface area contributed by atoms with Crippen LogP contribution < -0.4 is 10.0 Å². The minimum absolute atomic E-state index is 0.531. The van der Waals surface area contributed by atoms with Crippen molar-refractivity contribution in [2.24, 2.45) is 5.92 Å². The van der Waals surface area contributed by atoms with Crippen molar-refractivity contribution in [3.05, 3.63) is 0 Å². The minimum Gasteiger partial charge on any atom is -0.314 e. The van der Waals surface area contributed by atoms with E-state index in [9.17, 15) is 8.42 Å². The quantitative estimate of drug-likeness (QED) is 0.683. The van der Waals surface area contributed by atoms with E-state index in [1.807, 2.05) is 0 Å². The molecule has 0 bridgehead atoms. The van der Waals surface area contributed by atoms with Crippen LogP contribution in [0.5, 0.6) is 0 Å². The van der Waals surface area contributed by atoms with E-state index in [4.69, 9.17) is 0 Å². The van der Waals surface area contributed by atoms with Crippen molar-refractivity contribution in [2.75, 3.05) is 19.3 Å². The SMILES string of the molecule is CC(NCCCNS(C)(=O)=O)C1CCCCC1. The van der Waals surface area contributed by atoms with Gasteiger partial charge in [0, 0.05) is 12.6 Å². The molecule has 0 saturated heterocycles. The highest BCUT2D eigenvalue weighted by Crippen LogP contribution is 2.26. The molecule has 4 nitrogen and oxygen atoms in total. The van der Waals surface area contributed by atoms with Crippen molar-refractivity contribution in [1.82, 2.24) is 10.0 Å². The number of hydrogen-bond donors (Lipinski definition) is 2. The first-order valence-corrected chi connectivity index (χ1v) is 8.56. The average molecular weight is 262 g/mol. The molecule has 1 rings (SSSR count). The van der Waals surface area contributed by atoms with Gasteiger partial charge in [-0.25, -0.2) is 13.1 Å². The summed E-state index contributed by atoms with van der Waals surface area (Å²) < 4.78 is 24.2. The van der Waals surface area contributed by atoms with Crippen LogP contribution in [0.25, 0.3) is 0 Å². The summed E-state index contributed by atoms with van der Waals surface area (Å²) in [5, 5.41) is 3.50. The molecule has 17 heavy (non-hydrogen) atoms. The molecule has 102 valence electrons. The van der Waals surface area contributed by atoms with E-state index in [2.05, 4.69) is 17.0 Å². The van der Waals surface area contributed by atoms with Gasteiger partial charge in [0.05, 0.1) is 6.26 Å². The molecule has 0 aromatic carbocycles. The Hall–Kier alpha value is -0.130. The van der Waals surface area contributed by atoms with E-state index >= 15 is 0 Å². The second-order valence-corrected chi connectivity index (χ2v) is 6.99. The predicted molar refractivity (Wildman–Crippen MR) is 71.5 cm³/mol. The minimum atomic E-state index is -3.02. The van der Waals surface area contributed by atoms with Gasteiger partial charge in [0.15, 0.2) is 0 Å². The zero-order valence-electron chi connectivity index (χ0n) is 11.0.